The number of nitrogens with zero attached hydrogens (tertiary/aromatic N) is 4. The Morgan fingerprint density at radius 1 is 1.20 bits per heavy atom. The molecule has 2 fully saturated rings. The summed E-state index contributed by atoms with van der Waals surface area (Å²) < 4.78 is 39.5. The topological polar surface area (TPSA) is 249 Å². The molecule has 3 aromatic heterocycles. The van der Waals surface area contributed by atoms with Crippen LogP contribution in [0.25, 0.3) is 22.1 Å². The number of ether oxygens (including phenoxy) is 1. The number of H-pyrrole nitrogens is 1. The zero-order chi connectivity index (χ0) is 31.0. The van der Waals surface area contributed by atoms with Crippen LogP contribution in [0.1, 0.15) is 24.6 Å². The van der Waals surface area contributed by atoms with Gasteiger partial charge in [-0.2, -0.15) is 8.42 Å². The van der Waals surface area contributed by atoms with Crippen molar-refractivity contribution in [1.29, 1.82) is 0 Å². The molecule has 18 heteroatoms. The van der Waals surface area contributed by atoms with Crippen molar-refractivity contribution >= 4 is 50.0 Å². The molecule has 0 bridgehead atoms. The number of hydrogen-bond acceptors (Lipinski definition) is 13. The van der Waals surface area contributed by atoms with Gasteiger partial charge in [-0.25, -0.2) is 19.7 Å². The number of nitrogens with one attached hydrogen (secondary N) is 4. The number of rotatable bonds is 10. The SMILES string of the molecule is Nc1ncnc2c1ncn2[C@@H]1O[C@H](COS(=O)(=O)NC(=O)[C@H](Cc2c[nH]c3ccccc23)NC(=O)[C@@H]2CCCN2)[C@@H](O)[C@H]1O. The third-order valence-corrected chi connectivity index (χ3v) is 8.62. The highest BCUT2D eigenvalue weighted by Gasteiger charge is 2.45. The molecular weight excluding hydrogens is 598 g/mol. The van der Waals surface area contributed by atoms with Crippen LogP contribution in [0.5, 0.6) is 0 Å². The van der Waals surface area contributed by atoms with Gasteiger partial charge in [-0.3, -0.25) is 18.3 Å². The van der Waals surface area contributed by atoms with E-state index in [1.807, 2.05) is 29.0 Å². The highest BCUT2D eigenvalue weighted by molar-refractivity contribution is 7.85. The van der Waals surface area contributed by atoms with Crippen LogP contribution in [-0.2, 0) is 35.2 Å². The smallest absolute Gasteiger partial charge is 0.362 e. The van der Waals surface area contributed by atoms with Crippen molar-refractivity contribution in [2.75, 3.05) is 18.9 Å². The van der Waals surface area contributed by atoms with Crippen molar-refractivity contribution in [3.63, 3.8) is 0 Å². The third-order valence-electron chi connectivity index (χ3n) is 7.72. The molecule has 0 unspecified atom stereocenters. The molecule has 1 aromatic carbocycles. The number of benzene rings is 1. The van der Waals surface area contributed by atoms with Crippen molar-refractivity contribution in [1.82, 2.24) is 39.9 Å². The Hall–Kier alpha value is -4.20. The molecule has 2 aliphatic heterocycles. The number of aliphatic hydroxyl groups is 2. The van der Waals surface area contributed by atoms with Crippen LogP contribution in [0.3, 0.4) is 0 Å². The van der Waals surface area contributed by atoms with Gasteiger partial charge in [-0.05, 0) is 31.0 Å². The van der Waals surface area contributed by atoms with Crippen LogP contribution in [0.15, 0.2) is 43.1 Å². The highest BCUT2D eigenvalue weighted by atomic mass is 32.2. The van der Waals surface area contributed by atoms with Crippen LogP contribution in [-0.4, -0.2) is 98.5 Å². The first kappa shape index (κ1) is 29.9. The Bertz CT molecular complexity index is 1790. The van der Waals surface area contributed by atoms with E-state index in [0.717, 1.165) is 17.3 Å². The Morgan fingerprint density at radius 2 is 2.02 bits per heavy atom. The van der Waals surface area contributed by atoms with E-state index in [1.54, 1.807) is 6.20 Å². The molecule has 6 rings (SSSR count). The molecule has 0 aliphatic carbocycles. The fourth-order valence-electron chi connectivity index (χ4n) is 5.44. The van der Waals surface area contributed by atoms with Gasteiger partial charge in [0.25, 0.3) is 5.91 Å². The second kappa shape index (κ2) is 12.1. The van der Waals surface area contributed by atoms with Crippen molar-refractivity contribution < 1.29 is 37.1 Å². The van der Waals surface area contributed by atoms with E-state index in [1.165, 1.54) is 17.2 Å². The van der Waals surface area contributed by atoms with Gasteiger partial charge in [-0.15, -0.1) is 0 Å². The Labute approximate surface area is 250 Å². The molecule has 44 heavy (non-hydrogen) atoms. The van der Waals surface area contributed by atoms with Gasteiger partial charge in [0.1, 0.15) is 36.2 Å². The summed E-state index contributed by atoms with van der Waals surface area (Å²) >= 11 is 0. The second-order valence-electron chi connectivity index (χ2n) is 10.6. The predicted molar refractivity (Wildman–Crippen MR) is 154 cm³/mol. The van der Waals surface area contributed by atoms with Crippen LogP contribution in [0.4, 0.5) is 5.82 Å². The molecule has 2 aliphatic rings. The van der Waals surface area contributed by atoms with Gasteiger partial charge < -0.3 is 36.3 Å². The van der Waals surface area contributed by atoms with E-state index < -0.39 is 65.3 Å². The van der Waals surface area contributed by atoms with Crippen molar-refractivity contribution in [3.05, 3.63) is 48.7 Å². The first-order valence-corrected chi connectivity index (χ1v) is 15.3. The quantitative estimate of drug-likeness (QED) is 0.104. The lowest BCUT2D eigenvalue weighted by molar-refractivity contribution is -0.129. The zero-order valence-corrected chi connectivity index (χ0v) is 24.0. The number of nitrogens with two attached hydrogens (primary N) is 1. The van der Waals surface area contributed by atoms with Gasteiger partial charge in [-0.1, -0.05) is 18.2 Å². The molecule has 8 N–H and O–H groups in total. The molecule has 234 valence electrons. The summed E-state index contributed by atoms with van der Waals surface area (Å²) in [4.78, 5) is 41.3. The van der Waals surface area contributed by atoms with E-state index in [-0.39, 0.29) is 23.4 Å². The lowest BCUT2D eigenvalue weighted by atomic mass is 10.0. The molecule has 0 spiro atoms. The normalized spacial score (nSPS) is 24.5. The summed E-state index contributed by atoms with van der Waals surface area (Å²) in [5.74, 6) is -1.35. The summed E-state index contributed by atoms with van der Waals surface area (Å²) in [6.07, 6.45) is -0.0193. The summed E-state index contributed by atoms with van der Waals surface area (Å²) in [6, 6.07) is 5.61. The maximum Gasteiger partial charge on any atom is 0.362 e. The van der Waals surface area contributed by atoms with Gasteiger partial charge in [0, 0.05) is 23.5 Å². The van der Waals surface area contributed by atoms with Gasteiger partial charge >= 0.3 is 10.3 Å². The average molecular weight is 630 g/mol. The summed E-state index contributed by atoms with van der Waals surface area (Å²) in [5, 5.41) is 27.7. The molecule has 4 aromatic rings. The van der Waals surface area contributed by atoms with E-state index in [9.17, 15) is 28.2 Å². The number of carbonyl (C=O) groups is 2. The first-order chi connectivity index (χ1) is 21.1. The first-order valence-electron chi connectivity index (χ1n) is 13.9. The van der Waals surface area contributed by atoms with Crippen molar-refractivity contribution in [3.8, 4) is 0 Å². The Kier molecular flexibility index (Phi) is 8.18. The second-order valence-corrected chi connectivity index (χ2v) is 12.0. The standard InChI is InChI=1S/C26H31N9O8S/c27-22-19-23(31-11-30-22)35(12-32-19)26-21(37)20(36)18(43-26)10-42-44(40,41)34-25(39)17(33-24(38)16-6-3-7-28-16)8-13-9-29-15-5-2-1-4-14(13)15/h1-2,4-5,9,11-12,16-18,20-21,26,28-29,36-37H,3,6-8,10H2,(H,33,38)(H,34,39)(H2,27,30,31)/t16-,17-,18+,20+,21+,26+/m0/s1. The molecule has 2 saturated heterocycles. The number of aromatic amines is 1. The van der Waals surface area contributed by atoms with E-state index in [0.29, 0.717) is 18.5 Å². The number of amides is 2. The maximum atomic E-state index is 13.3. The number of imidazole rings is 1. The third kappa shape index (κ3) is 5.94. The minimum atomic E-state index is -4.75. The molecule has 0 saturated carbocycles. The monoisotopic (exact) mass is 629 g/mol. The van der Waals surface area contributed by atoms with Gasteiger partial charge in [0.2, 0.25) is 5.91 Å². The molecule has 6 atom stereocenters. The molecular formula is C26H31N9O8S. The van der Waals surface area contributed by atoms with E-state index in [2.05, 4.69) is 30.6 Å². The number of carbonyl (C=O) groups excluding carboxylic acids is 2. The van der Waals surface area contributed by atoms with Gasteiger partial charge in [0.15, 0.2) is 17.7 Å². The van der Waals surface area contributed by atoms with E-state index in [4.69, 9.17) is 14.7 Å². The number of aromatic nitrogens is 5. The predicted octanol–water partition coefficient (Wildman–Crippen LogP) is -1.63. The highest BCUT2D eigenvalue weighted by Crippen LogP contribution is 2.32. The summed E-state index contributed by atoms with van der Waals surface area (Å²) in [5.41, 5.74) is 7.80. The largest absolute Gasteiger partial charge is 0.387 e. The van der Waals surface area contributed by atoms with E-state index >= 15 is 0 Å². The number of nitrogen functional groups attached to an aromatic ring is 1. The summed E-state index contributed by atoms with van der Waals surface area (Å²) in [6.45, 7) is -0.0876. The fraction of sp³-hybridized carbons (Fsp3) is 0.423. The minimum Gasteiger partial charge on any atom is -0.387 e. The molecule has 5 heterocycles. The lowest BCUT2D eigenvalue weighted by Gasteiger charge is -2.21. The number of aliphatic hydroxyl groups excluding tert-OH is 2. The van der Waals surface area contributed by atoms with Gasteiger partial charge in [0.05, 0.1) is 19.0 Å². The number of fused-ring (bicyclic) bond motifs is 2. The average Bonchev–Trinajstić information content (AvgIpc) is 3.80. The van der Waals surface area contributed by atoms with Crippen LogP contribution in [0, 0.1) is 0 Å². The Morgan fingerprint density at radius 3 is 2.82 bits per heavy atom. The maximum absolute atomic E-state index is 13.3. The zero-order valence-electron chi connectivity index (χ0n) is 23.2. The Balaban J connectivity index is 1.13. The van der Waals surface area contributed by atoms with Crippen LogP contribution >= 0.6 is 0 Å². The molecule has 2 amide bonds. The fourth-order valence-corrected chi connectivity index (χ4v) is 6.20. The van der Waals surface area contributed by atoms with Crippen LogP contribution < -0.4 is 21.1 Å². The summed E-state index contributed by atoms with van der Waals surface area (Å²) in [7, 11) is -4.75. The molecule has 0 radical (unpaired) electrons. The van der Waals surface area contributed by atoms with Crippen LogP contribution in [0.2, 0.25) is 0 Å². The number of anilines is 1. The minimum absolute atomic E-state index is 0.00488. The number of para-hydroxylation sites is 1. The lowest BCUT2D eigenvalue weighted by Crippen LogP contribution is -2.53. The van der Waals surface area contributed by atoms with Crippen molar-refractivity contribution in [2.24, 2.45) is 0 Å². The van der Waals surface area contributed by atoms with Crippen molar-refractivity contribution in [2.45, 2.75) is 55.9 Å². The molecule has 17 nitrogen and oxygen atoms in total. The number of hydrogen-bond donors (Lipinski definition) is 7.